The third-order valence-corrected chi connectivity index (χ3v) is 4.28. The second-order valence-electron chi connectivity index (χ2n) is 6.30. The van der Waals surface area contributed by atoms with Crippen LogP contribution in [0.5, 0.6) is 0 Å². The molecule has 8 heteroatoms. The summed E-state index contributed by atoms with van der Waals surface area (Å²) in [6.07, 6.45) is 1.82. The standard InChI is InChI=1S/C16H25N5O3/c1-10-6-11(2)20-14(22)13(10)8-19-16(24)21-5-3-4-12(9-21)7-18-15(17)23/h6,12H,3-5,7-9H2,1-2H3,(H,19,24)(H,20,22)(H3,17,18,23). The van der Waals surface area contributed by atoms with E-state index >= 15 is 0 Å². The minimum Gasteiger partial charge on any atom is -0.352 e. The summed E-state index contributed by atoms with van der Waals surface area (Å²) in [6, 6.07) is 1.14. The Kier molecular flexibility index (Phi) is 5.83. The molecule has 0 aromatic carbocycles. The summed E-state index contributed by atoms with van der Waals surface area (Å²) in [5.74, 6) is 0.196. The first-order valence-corrected chi connectivity index (χ1v) is 8.12. The number of H-pyrrole nitrogens is 1. The molecule has 0 spiro atoms. The van der Waals surface area contributed by atoms with E-state index in [1.807, 2.05) is 19.9 Å². The molecule has 1 aromatic heterocycles. The number of nitrogens with one attached hydrogen (secondary N) is 3. The Morgan fingerprint density at radius 2 is 2.12 bits per heavy atom. The molecule has 24 heavy (non-hydrogen) atoms. The zero-order valence-electron chi connectivity index (χ0n) is 14.1. The van der Waals surface area contributed by atoms with Crippen LogP contribution in [0, 0.1) is 19.8 Å². The monoisotopic (exact) mass is 335 g/mol. The molecule has 1 unspecified atom stereocenters. The summed E-state index contributed by atoms with van der Waals surface area (Å²) >= 11 is 0. The largest absolute Gasteiger partial charge is 0.352 e. The van der Waals surface area contributed by atoms with Crippen molar-refractivity contribution < 1.29 is 9.59 Å². The van der Waals surface area contributed by atoms with Gasteiger partial charge in [-0.3, -0.25) is 4.79 Å². The van der Waals surface area contributed by atoms with Crippen molar-refractivity contribution >= 4 is 12.1 Å². The number of aryl methyl sites for hydroxylation is 2. The van der Waals surface area contributed by atoms with Gasteiger partial charge < -0.3 is 26.3 Å². The zero-order chi connectivity index (χ0) is 17.7. The average molecular weight is 335 g/mol. The number of primary amides is 1. The first-order valence-electron chi connectivity index (χ1n) is 8.12. The van der Waals surface area contributed by atoms with Crippen LogP contribution in [0.1, 0.15) is 29.7 Å². The van der Waals surface area contributed by atoms with E-state index in [1.54, 1.807) is 4.90 Å². The van der Waals surface area contributed by atoms with E-state index in [2.05, 4.69) is 15.6 Å². The van der Waals surface area contributed by atoms with Crippen LogP contribution in [-0.2, 0) is 6.54 Å². The molecule has 8 nitrogen and oxygen atoms in total. The number of nitrogens with zero attached hydrogens (tertiary/aromatic N) is 1. The van der Waals surface area contributed by atoms with Gasteiger partial charge in [0, 0.05) is 30.9 Å². The summed E-state index contributed by atoms with van der Waals surface area (Å²) in [5, 5.41) is 5.40. The molecule has 2 rings (SSSR count). The van der Waals surface area contributed by atoms with Crippen molar-refractivity contribution in [3.8, 4) is 0 Å². The number of aromatic nitrogens is 1. The van der Waals surface area contributed by atoms with Crippen LogP contribution in [-0.4, -0.2) is 41.6 Å². The Labute approximate surface area is 140 Å². The number of rotatable bonds is 4. The molecule has 0 aliphatic carbocycles. The second kappa shape index (κ2) is 7.85. The van der Waals surface area contributed by atoms with Gasteiger partial charge in [-0.25, -0.2) is 9.59 Å². The third-order valence-electron chi connectivity index (χ3n) is 4.28. The quantitative estimate of drug-likeness (QED) is 0.644. The van der Waals surface area contributed by atoms with E-state index in [1.165, 1.54) is 0 Å². The van der Waals surface area contributed by atoms with Crippen molar-refractivity contribution in [1.29, 1.82) is 0 Å². The number of carbonyl (C=O) groups is 2. The van der Waals surface area contributed by atoms with Crippen LogP contribution in [0.3, 0.4) is 0 Å². The third kappa shape index (κ3) is 4.74. The number of likely N-dealkylation sites (tertiary alicyclic amines) is 1. The first kappa shape index (κ1) is 17.8. The van der Waals surface area contributed by atoms with E-state index in [9.17, 15) is 14.4 Å². The van der Waals surface area contributed by atoms with Crippen molar-refractivity contribution in [3.05, 3.63) is 33.2 Å². The normalized spacial score (nSPS) is 17.4. The molecule has 1 aromatic rings. The molecule has 1 fully saturated rings. The lowest BCUT2D eigenvalue weighted by Crippen LogP contribution is -2.48. The maximum Gasteiger partial charge on any atom is 0.317 e. The fourth-order valence-corrected chi connectivity index (χ4v) is 3.04. The van der Waals surface area contributed by atoms with Gasteiger partial charge in [-0.2, -0.15) is 0 Å². The highest BCUT2D eigenvalue weighted by Gasteiger charge is 2.23. The zero-order valence-corrected chi connectivity index (χ0v) is 14.1. The van der Waals surface area contributed by atoms with Gasteiger partial charge in [0.2, 0.25) is 0 Å². The Morgan fingerprint density at radius 1 is 1.38 bits per heavy atom. The highest BCUT2D eigenvalue weighted by molar-refractivity contribution is 5.74. The SMILES string of the molecule is Cc1cc(C)c(CNC(=O)N2CCCC(CNC(N)=O)C2)c(=O)[nH]1. The molecule has 1 atom stereocenters. The molecule has 1 aliphatic heterocycles. The number of piperidine rings is 1. The second-order valence-corrected chi connectivity index (χ2v) is 6.30. The van der Waals surface area contributed by atoms with Gasteiger partial charge in [0.05, 0.1) is 6.54 Å². The van der Waals surface area contributed by atoms with Gasteiger partial charge in [0.15, 0.2) is 0 Å². The van der Waals surface area contributed by atoms with Crippen molar-refractivity contribution in [2.24, 2.45) is 11.7 Å². The molecular weight excluding hydrogens is 310 g/mol. The average Bonchev–Trinajstić information content (AvgIpc) is 2.52. The Balaban J connectivity index is 1.90. The maximum absolute atomic E-state index is 12.3. The Hall–Kier alpha value is -2.51. The van der Waals surface area contributed by atoms with Crippen molar-refractivity contribution in [2.75, 3.05) is 19.6 Å². The number of urea groups is 2. The van der Waals surface area contributed by atoms with Crippen LogP contribution >= 0.6 is 0 Å². The van der Waals surface area contributed by atoms with Gasteiger partial charge in [-0.1, -0.05) is 0 Å². The Morgan fingerprint density at radius 3 is 2.79 bits per heavy atom. The molecule has 0 bridgehead atoms. The number of hydrogen-bond donors (Lipinski definition) is 4. The number of nitrogens with two attached hydrogens (primary N) is 1. The van der Waals surface area contributed by atoms with E-state index in [-0.39, 0.29) is 24.1 Å². The van der Waals surface area contributed by atoms with Crippen LogP contribution < -0.4 is 21.9 Å². The molecule has 132 valence electrons. The fourth-order valence-electron chi connectivity index (χ4n) is 3.04. The highest BCUT2D eigenvalue weighted by atomic mass is 16.2. The van der Waals surface area contributed by atoms with Crippen molar-refractivity contribution in [1.82, 2.24) is 20.5 Å². The van der Waals surface area contributed by atoms with Gasteiger partial charge in [-0.05, 0) is 44.2 Å². The molecule has 0 radical (unpaired) electrons. The lowest BCUT2D eigenvalue weighted by Gasteiger charge is -2.32. The number of amides is 4. The summed E-state index contributed by atoms with van der Waals surface area (Å²) in [7, 11) is 0. The predicted molar refractivity (Wildman–Crippen MR) is 90.7 cm³/mol. The van der Waals surface area contributed by atoms with Gasteiger partial charge in [-0.15, -0.1) is 0 Å². The van der Waals surface area contributed by atoms with Gasteiger partial charge in [0.1, 0.15) is 0 Å². The summed E-state index contributed by atoms with van der Waals surface area (Å²) < 4.78 is 0. The molecule has 2 heterocycles. The molecule has 4 amide bonds. The van der Waals surface area contributed by atoms with E-state index in [4.69, 9.17) is 5.73 Å². The van der Waals surface area contributed by atoms with Crippen LogP contribution in [0.4, 0.5) is 9.59 Å². The van der Waals surface area contributed by atoms with E-state index < -0.39 is 6.03 Å². The number of pyridine rings is 1. The summed E-state index contributed by atoms with van der Waals surface area (Å²) in [6.45, 7) is 5.58. The minimum atomic E-state index is -0.550. The lowest BCUT2D eigenvalue weighted by molar-refractivity contribution is 0.164. The Bertz CT molecular complexity index is 670. The smallest absolute Gasteiger partial charge is 0.317 e. The minimum absolute atomic E-state index is 0.171. The number of hydrogen-bond acceptors (Lipinski definition) is 3. The molecule has 5 N–H and O–H groups in total. The van der Waals surface area contributed by atoms with Crippen molar-refractivity contribution in [2.45, 2.75) is 33.2 Å². The first-order chi connectivity index (χ1) is 11.4. The van der Waals surface area contributed by atoms with Gasteiger partial charge >= 0.3 is 12.1 Å². The van der Waals surface area contributed by atoms with Crippen LogP contribution in [0.2, 0.25) is 0 Å². The molecular formula is C16H25N5O3. The van der Waals surface area contributed by atoms with E-state index in [0.717, 1.165) is 24.1 Å². The number of aromatic amines is 1. The summed E-state index contributed by atoms with van der Waals surface area (Å²) in [5.41, 5.74) is 7.14. The molecule has 0 saturated carbocycles. The topological polar surface area (TPSA) is 120 Å². The fraction of sp³-hybridized carbons (Fsp3) is 0.562. The number of carbonyl (C=O) groups excluding carboxylic acids is 2. The maximum atomic E-state index is 12.3. The molecule has 1 saturated heterocycles. The van der Waals surface area contributed by atoms with Crippen molar-refractivity contribution in [3.63, 3.8) is 0 Å². The predicted octanol–water partition coefficient (Wildman–Crippen LogP) is 0.582. The van der Waals surface area contributed by atoms with E-state index in [0.29, 0.717) is 25.2 Å². The van der Waals surface area contributed by atoms with Gasteiger partial charge in [0.25, 0.3) is 5.56 Å². The molecule has 1 aliphatic rings. The highest BCUT2D eigenvalue weighted by Crippen LogP contribution is 2.16. The van der Waals surface area contributed by atoms with Crippen LogP contribution in [0.15, 0.2) is 10.9 Å². The van der Waals surface area contributed by atoms with Crippen LogP contribution in [0.25, 0.3) is 0 Å². The summed E-state index contributed by atoms with van der Waals surface area (Å²) in [4.78, 5) is 39.6. The lowest BCUT2D eigenvalue weighted by atomic mass is 9.98.